The number of halogens is 6. The highest BCUT2D eigenvalue weighted by atomic mass is 19.4. The molecular weight excluding hydrogens is 330 g/mol. The van der Waals surface area contributed by atoms with Crippen LogP contribution in [0.25, 0.3) is 0 Å². The summed E-state index contributed by atoms with van der Waals surface area (Å²) in [6, 6.07) is 9.28. The fraction of sp³-hybridized carbons (Fsp3) is 0.111. The summed E-state index contributed by atoms with van der Waals surface area (Å²) in [5, 5.41) is 0. The van der Waals surface area contributed by atoms with Crippen LogP contribution in [0.1, 0.15) is 22.3 Å². The van der Waals surface area contributed by atoms with E-state index in [1.165, 1.54) is 36.4 Å². The zero-order valence-corrected chi connectivity index (χ0v) is 11.9. The molecule has 0 fully saturated rings. The predicted molar refractivity (Wildman–Crippen MR) is 76.6 cm³/mol. The van der Waals surface area contributed by atoms with Crippen LogP contribution in [0.15, 0.2) is 48.5 Å². The van der Waals surface area contributed by atoms with Crippen LogP contribution in [0.3, 0.4) is 0 Å². The van der Waals surface area contributed by atoms with Gasteiger partial charge in [-0.05, 0) is 36.1 Å². The summed E-state index contributed by atoms with van der Waals surface area (Å²) < 4.78 is 76.7. The quantitative estimate of drug-likeness (QED) is 0.462. The van der Waals surface area contributed by atoms with Crippen molar-refractivity contribution in [1.82, 2.24) is 0 Å². The van der Waals surface area contributed by atoms with Crippen LogP contribution < -0.4 is 0 Å². The second-order valence-electron chi connectivity index (χ2n) is 4.59. The lowest BCUT2D eigenvalue weighted by Crippen LogP contribution is -2.07. The van der Waals surface area contributed by atoms with E-state index in [0.29, 0.717) is 0 Å². The molecule has 122 valence electrons. The minimum Gasteiger partial charge on any atom is -0.166 e. The number of hydrogen-bond acceptors (Lipinski definition) is 0. The highest BCUT2D eigenvalue weighted by Crippen LogP contribution is 2.32. The van der Waals surface area contributed by atoms with E-state index >= 15 is 0 Å². The molecule has 0 bridgehead atoms. The molecule has 0 heterocycles. The molecule has 0 aliphatic rings. The van der Waals surface area contributed by atoms with Crippen molar-refractivity contribution in [1.29, 1.82) is 0 Å². The van der Waals surface area contributed by atoms with Gasteiger partial charge in [0.25, 0.3) is 0 Å². The summed E-state index contributed by atoms with van der Waals surface area (Å²) >= 11 is 0. The lowest BCUT2D eigenvalue weighted by molar-refractivity contribution is -0.138. The molecule has 0 aliphatic heterocycles. The molecule has 24 heavy (non-hydrogen) atoms. The highest BCUT2D eigenvalue weighted by Gasteiger charge is 2.33. The lowest BCUT2D eigenvalue weighted by atomic mass is 10.1. The molecular formula is C18H8F6. The molecule has 6 heteroatoms. The van der Waals surface area contributed by atoms with E-state index in [0.717, 1.165) is 12.1 Å². The van der Waals surface area contributed by atoms with Crippen molar-refractivity contribution in [2.24, 2.45) is 0 Å². The SMILES string of the molecule is FC(F)(F)c1ccccc1C#CC#Cc1ccccc1C(F)(F)F. The first-order chi connectivity index (χ1) is 11.2. The van der Waals surface area contributed by atoms with Gasteiger partial charge in [0.1, 0.15) is 0 Å². The van der Waals surface area contributed by atoms with E-state index in [1.807, 2.05) is 0 Å². The van der Waals surface area contributed by atoms with E-state index in [2.05, 4.69) is 23.7 Å². The van der Waals surface area contributed by atoms with Crippen LogP contribution in [0.5, 0.6) is 0 Å². The average molecular weight is 338 g/mol. The van der Waals surface area contributed by atoms with Crippen LogP contribution in [0, 0.1) is 23.7 Å². The topological polar surface area (TPSA) is 0 Å². The average Bonchev–Trinajstić information content (AvgIpc) is 2.50. The zero-order chi connectivity index (χ0) is 17.8. The molecule has 0 nitrogen and oxygen atoms in total. The van der Waals surface area contributed by atoms with Crippen LogP contribution in [0.2, 0.25) is 0 Å². The molecule has 2 rings (SSSR count). The third kappa shape index (κ3) is 4.33. The summed E-state index contributed by atoms with van der Waals surface area (Å²) in [6.45, 7) is 0. The minimum atomic E-state index is -4.57. The Morgan fingerprint density at radius 3 is 1.21 bits per heavy atom. The largest absolute Gasteiger partial charge is 0.417 e. The third-order valence-corrected chi connectivity index (χ3v) is 2.92. The van der Waals surface area contributed by atoms with Crippen molar-refractivity contribution in [2.45, 2.75) is 12.4 Å². The maximum absolute atomic E-state index is 12.8. The van der Waals surface area contributed by atoms with E-state index in [1.54, 1.807) is 0 Å². The van der Waals surface area contributed by atoms with Gasteiger partial charge in [0.15, 0.2) is 0 Å². The van der Waals surface area contributed by atoms with Crippen LogP contribution >= 0.6 is 0 Å². The fourth-order valence-corrected chi connectivity index (χ4v) is 1.88. The standard InChI is InChI=1S/C18H8F6/c19-17(20,21)15-11-5-3-9-13(15)7-1-2-8-14-10-4-6-12-16(14)18(22,23)24/h3-6,9-12H. The first kappa shape index (κ1) is 17.5. The predicted octanol–water partition coefficient (Wildman–Crippen LogP) is 5.13. The second kappa shape index (κ2) is 6.72. The molecule has 0 atom stereocenters. The van der Waals surface area contributed by atoms with Crippen LogP contribution in [0.4, 0.5) is 26.3 Å². The van der Waals surface area contributed by atoms with Gasteiger partial charge in [-0.3, -0.25) is 0 Å². The maximum atomic E-state index is 12.8. The van der Waals surface area contributed by atoms with E-state index < -0.39 is 23.5 Å². The number of hydrogen-bond donors (Lipinski definition) is 0. The van der Waals surface area contributed by atoms with Crippen molar-refractivity contribution >= 4 is 0 Å². The Bertz CT molecular complexity index is 778. The first-order valence-electron chi connectivity index (χ1n) is 6.54. The monoisotopic (exact) mass is 338 g/mol. The van der Waals surface area contributed by atoms with Crippen LogP contribution in [-0.4, -0.2) is 0 Å². The number of benzene rings is 2. The fourth-order valence-electron chi connectivity index (χ4n) is 1.88. The molecule has 2 aromatic rings. The summed E-state index contributed by atoms with van der Waals surface area (Å²) in [4.78, 5) is 0. The van der Waals surface area contributed by atoms with Crippen LogP contribution in [-0.2, 0) is 12.4 Å². The Labute approximate surface area is 134 Å². The molecule has 0 saturated heterocycles. The van der Waals surface area contributed by atoms with Gasteiger partial charge in [-0.1, -0.05) is 36.1 Å². The van der Waals surface area contributed by atoms with Gasteiger partial charge in [-0.25, -0.2) is 0 Å². The van der Waals surface area contributed by atoms with E-state index in [4.69, 9.17) is 0 Å². The van der Waals surface area contributed by atoms with Gasteiger partial charge in [-0.2, -0.15) is 26.3 Å². The third-order valence-electron chi connectivity index (χ3n) is 2.92. The summed E-state index contributed by atoms with van der Waals surface area (Å²) in [5.74, 6) is 8.77. The van der Waals surface area contributed by atoms with Gasteiger partial charge in [0.05, 0.1) is 11.1 Å². The number of alkyl halides is 6. The summed E-state index contributed by atoms with van der Waals surface area (Å²) in [6.07, 6.45) is -9.14. The van der Waals surface area contributed by atoms with Crippen molar-refractivity contribution in [2.75, 3.05) is 0 Å². The first-order valence-corrected chi connectivity index (χ1v) is 6.54. The molecule has 0 radical (unpaired) electrons. The molecule has 0 spiro atoms. The van der Waals surface area contributed by atoms with Crippen molar-refractivity contribution < 1.29 is 26.3 Å². The summed E-state index contributed by atoms with van der Waals surface area (Å²) in [7, 11) is 0. The zero-order valence-electron chi connectivity index (χ0n) is 11.9. The Morgan fingerprint density at radius 1 is 0.542 bits per heavy atom. The molecule has 0 aromatic heterocycles. The van der Waals surface area contributed by atoms with Gasteiger partial charge in [-0.15, -0.1) is 0 Å². The Kier molecular flexibility index (Phi) is 4.90. The Hall–Kier alpha value is -2.86. The molecule has 0 saturated carbocycles. The van der Waals surface area contributed by atoms with Crippen molar-refractivity contribution in [3.63, 3.8) is 0 Å². The minimum absolute atomic E-state index is 0.289. The van der Waals surface area contributed by atoms with Crippen molar-refractivity contribution in [3.8, 4) is 23.7 Å². The van der Waals surface area contributed by atoms with Gasteiger partial charge in [0.2, 0.25) is 0 Å². The summed E-state index contributed by atoms with van der Waals surface area (Å²) in [5.41, 5.74) is -2.42. The molecule has 0 unspecified atom stereocenters. The van der Waals surface area contributed by atoms with E-state index in [-0.39, 0.29) is 11.1 Å². The number of rotatable bonds is 0. The molecule has 0 aliphatic carbocycles. The van der Waals surface area contributed by atoms with Gasteiger partial charge < -0.3 is 0 Å². The highest BCUT2D eigenvalue weighted by molar-refractivity contribution is 5.50. The van der Waals surface area contributed by atoms with Crippen molar-refractivity contribution in [3.05, 3.63) is 70.8 Å². The van der Waals surface area contributed by atoms with E-state index in [9.17, 15) is 26.3 Å². The lowest BCUT2D eigenvalue weighted by Gasteiger charge is -2.08. The Balaban J connectivity index is 2.34. The molecule has 0 N–H and O–H groups in total. The maximum Gasteiger partial charge on any atom is 0.417 e. The molecule has 0 amide bonds. The molecule has 2 aromatic carbocycles. The van der Waals surface area contributed by atoms with Gasteiger partial charge >= 0.3 is 12.4 Å². The van der Waals surface area contributed by atoms with Gasteiger partial charge in [0, 0.05) is 11.1 Å². The Morgan fingerprint density at radius 2 is 0.875 bits per heavy atom. The smallest absolute Gasteiger partial charge is 0.166 e. The second-order valence-corrected chi connectivity index (χ2v) is 4.59. The normalized spacial score (nSPS) is 11.1.